The van der Waals surface area contributed by atoms with Crippen molar-refractivity contribution in [1.82, 2.24) is 15.1 Å². The van der Waals surface area contributed by atoms with Gasteiger partial charge < -0.3 is 29.2 Å². The zero-order chi connectivity index (χ0) is 38.1. The van der Waals surface area contributed by atoms with E-state index in [4.69, 9.17) is 30.5 Å². The van der Waals surface area contributed by atoms with E-state index in [0.29, 0.717) is 23.0 Å². The summed E-state index contributed by atoms with van der Waals surface area (Å²) in [4.78, 5) is 80.0. The second-order valence-corrected chi connectivity index (χ2v) is 12.3. The lowest BCUT2D eigenvalue weighted by Gasteiger charge is -2.33. The second kappa shape index (κ2) is 17.7. The van der Waals surface area contributed by atoms with Crippen LogP contribution in [-0.2, 0) is 28.5 Å². The minimum Gasteiger partial charge on any atom is -0.466 e. The first kappa shape index (κ1) is 38.6. The molecule has 3 amide bonds. The predicted octanol–water partition coefficient (Wildman–Crippen LogP) is 4.19. The van der Waals surface area contributed by atoms with Gasteiger partial charge in [0, 0.05) is 24.2 Å². The van der Waals surface area contributed by atoms with E-state index in [-0.39, 0.29) is 90.7 Å². The van der Waals surface area contributed by atoms with Crippen LogP contribution in [0.2, 0.25) is 5.02 Å². The largest absolute Gasteiger partial charge is 0.466 e. The Labute approximate surface area is 311 Å². The van der Waals surface area contributed by atoms with Gasteiger partial charge in [0.05, 0.1) is 91.8 Å². The molecule has 0 bridgehead atoms. The van der Waals surface area contributed by atoms with Gasteiger partial charge in [-0.3, -0.25) is 24.1 Å². The highest BCUT2D eigenvalue weighted by Crippen LogP contribution is 2.42. The molecule has 0 spiro atoms. The first-order valence-electron chi connectivity index (χ1n) is 16.8. The Morgan fingerprint density at radius 2 is 1.43 bits per heavy atom. The number of carbonyl (C=O) groups is 6. The summed E-state index contributed by atoms with van der Waals surface area (Å²) in [6, 6.07) is 19.7. The summed E-state index contributed by atoms with van der Waals surface area (Å²) in [7, 11) is 2.78. The summed E-state index contributed by atoms with van der Waals surface area (Å²) in [5.41, 5.74) is 2.12. The molecule has 3 aromatic rings. The van der Waals surface area contributed by atoms with Crippen molar-refractivity contribution >= 4 is 47.5 Å². The fraction of sp³-hybridized carbons (Fsp3) is 0.282. The number of hydrogen-bond donors (Lipinski definition) is 1. The summed E-state index contributed by atoms with van der Waals surface area (Å²) in [5.74, 6) is -3.80. The number of halogens is 1. The summed E-state index contributed by atoms with van der Waals surface area (Å²) >= 11 is 6.68. The molecule has 14 heteroatoms. The van der Waals surface area contributed by atoms with E-state index in [1.54, 1.807) is 86.8 Å². The van der Waals surface area contributed by atoms with Crippen molar-refractivity contribution in [2.75, 3.05) is 60.3 Å². The Bertz CT molecular complexity index is 1960. The Kier molecular flexibility index (Phi) is 12.9. The van der Waals surface area contributed by atoms with Crippen LogP contribution in [-0.4, -0.2) is 106 Å². The molecular formula is C39H38ClN3O10. The molecule has 2 heterocycles. The number of amides is 3. The Balaban J connectivity index is 1.39. The molecule has 1 unspecified atom stereocenters. The smallest absolute Gasteiger partial charge is 0.336 e. The van der Waals surface area contributed by atoms with Gasteiger partial charge in [-0.1, -0.05) is 60.1 Å². The number of dihydropyridines is 1. The zero-order valence-electron chi connectivity index (χ0n) is 29.4. The highest BCUT2D eigenvalue weighted by atomic mass is 35.5. The molecule has 13 nitrogen and oxygen atoms in total. The van der Waals surface area contributed by atoms with E-state index >= 15 is 0 Å². The summed E-state index contributed by atoms with van der Waals surface area (Å²) in [5, 5.41) is 3.41. The molecule has 276 valence electrons. The first-order chi connectivity index (χ1) is 25.6. The Morgan fingerprint density at radius 1 is 0.849 bits per heavy atom. The number of rotatable bonds is 16. The van der Waals surface area contributed by atoms with E-state index in [1.807, 2.05) is 0 Å². The molecule has 0 radical (unpaired) electrons. The maximum atomic E-state index is 13.7. The van der Waals surface area contributed by atoms with E-state index in [9.17, 15) is 28.8 Å². The molecule has 0 saturated carbocycles. The lowest BCUT2D eigenvalue weighted by molar-refractivity contribution is -0.139. The molecular weight excluding hydrogens is 706 g/mol. The van der Waals surface area contributed by atoms with Gasteiger partial charge in [-0.15, -0.1) is 0 Å². The maximum absolute atomic E-state index is 13.7. The molecule has 5 rings (SSSR count). The van der Waals surface area contributed by atoms with Gasteiger partial charge in [-0.05, 0) is 36.8 Å². The fourth-order valence-corrected chi connectivity index (χ4v) is 6.35. The van der Waals surface area contributed by atoms with Crippen LogP contribution in [0.1, 0.15) is 59.8 Å². The molecule has 1 atom stereocenters. The van der Waals surface area contributed by atoms with Gasteiger partial charge in [0.2, 0.25) is 0 Å². The minimum atomic E-state index is -1.08. The third-order valence-electron chi connectivity index (χ3n) is 8.71. The molecule has 2 aliphatic rings. The van der Waals surface area contributed by atoms with Crippen molar-refractivity contribution in [3.05, 3.63) is 128 Å². The second-order valence-electron chi connectivity index (χ2n) is 11.9. The van der Waals surface area contributed by atoms with E-state index in [1.165, 1.54) is 12.0 Å². The van der Waals surface area contributed by atoms with E-state index < -0.39 is 29.7 Å². The third kappa shape index (κ3) is 8.38. The van der Waals surface area contributed by atoms with Crippen molar-refractivity contribution in [3.8, 4) is 0 Å². The van der Waals surface area contributed by atoms with Crippen molar-refractivity contribution in [3.63, 3.8) is 0 Å². The molecule has 0 fully saturated rings. The molecule has 53 heavy (non-hydrogen) atoms. The Morgan fingerprint density at radius 3 is 2.06 bits per heavy atom. The van der Waals surface area contributed by atoms with Gasteiger partial charge in [0.15, 0.2) is 6.29 Å². The van der Waals surface area contributed by atoms with Crippen molar-refractivity contribution in [2.24, 2.45) is 0 Å². The molecule has 1 N–H and O–H groups in total. The number of hydrogen-bond acceptors (Lipinski definition) is 11. The monoisotopic (exact) mass is 743 g/mol. The van der Waals surface area contributed by atoms with Crippen LogP contribution in [0.25, 0.3) is 0 Å². The average molecular weight is 744 g/mol. The number of fused-ring (bicyclic) bond motifs is 1. The summed E-state index contributed by atoms with van der Waals surface area (Å²) < 4.78 is 22.6. The summed E-state index contributed by atoms with van der Waals surface area (Å²) in [6.07, 6.45) is 0.617. The van der Waals surface area contributed by atoms with Crippen LogP contribution in [0.5, 0.6) is 0 Å². The van der Waals surface area contributed by atoms with Gasteiger partial charge >= 0.3 is 11.9 Å². The third-order valence-corrected chi connectivity index (χ3v) is 9.06. The van der Waals surface area contributed by atoms with Crippen LogP contribution in [0.4, 0.5) is 0 Å². The predicted molar refractivity (Wildman–Crippen MR) is 192 cm³/mol. The number of carbonyl (C=O) groups excluding carboxylic acids is 6. The molecule has 3 aromatic carbocycles. The first-order valence-corrected chi connectivity index (χ1v) is 17.1. The van der Waals surface area contributed by atoms with Gasteiger partial charge in [-0.25, -0.2) is 9.59 Å². The maximum Gasteiger partial charge on any atom is 0.336 e. The number of likely N-dealkylation sites (N-methyl/N-ethyl adjacent to an activating group) is 1. The number of benzene rings is 3. The standard InChI is InChI=1S/C39H38ClN3O10/c1-4-53-39(49)34-31(23-52-20-18-43-36(46)26-13-7-8-14-27(26)37(43)47)41-30(33(38(48)50-3)32(34)28-15-9-10-16-29(28)40)22-51-19-17-42(2)35(45)25-12-6-5-11-24(25)21-44/h5-16,21,32,41H,4,17-20,22-23H2,1-3H3. The normalized spacial score (nSPS) is 15.2. The van der Waals surface area contributed by atoms with Crippen molar-refractivity contribution in [2.45, 2.75) is 12.8 Å². The van der Waals surface area contributed by atoms with E-state index in [0.717, 1.165) is 4.90 Å². The van der Waals surface area contributed by atoms with Crippen LogP contribution < -0.4 is 5.32 Å². The number of ether oxygens (including phenoxy) is 4. The molecule has 0 saturated heterocycles. The topological polar surface area (TPSA) is 158 Å². The van der Waals surface area contributed by atoms with Crippen molar-refractivity contribution in [1.29, 1.82) is 0 Å². The van der Waals surface area contributed by atoms with Crippen LogP contribution in [0.3, 0.4) is 0 Å². The van der Waals surface area contributed by atoms with Crippen LogP contribution >= 0.6 is 11.6 Å². The van der Waals surface area contributed by atoms with E-state index in [2.05, 4.69) is 5.32 Å². The summed E-state index contributed by atoms with van der Waals surface area (Å²) in [6.45, 7) is 1.31. The lowest BCUT2D eigenvalue weighted by Crippen LogP contribution is -2.38. The fourth-order valence-electron chi connectivity index (χ4n) is 6.11. The number of esters is 2. The molecule has 2 aliphatic heterocycles. The molecule has 0 aliphatic carbocycles. The van der Waals surface area contributed by atoms with Crippen LogP contribution in [0, 0.1) is 0 Å². The SMILES string of the molecule is CCOC(=O)C1=C(COCCN2C(=O)c3ccccc3C2=O)NC(COCCN(C)C(=O)c2ccccc2C=O)=C(C(=O)OC)C1c1ccccc1Cl. The quantitative estimate of drug-likeness (QED) is 0.0971. The number of imide groups is 1. The van der Waals surface area contributed by atoms with Crippen molar-refractivity contribution < 1.29 is 47.7 Å². The highest BCUT2D eigenvalue weighted by Gasteiger charge is 2.41. The average Bonchev–Trinajstić information content (AvgIpc) is 3.42. The lowest BCUT2D eigenvalue weighted by atomic mass is 9.80. The number of nitrogens with one attached hydrogen (secondary N) is 1. The minimum absolute atomic E-state index is 0.0300. The van der Waals surface area contributed by atoms with Crippen LogP contribution in [0.15, 0.2) is 95.3 Å². The number of aldehydes is 1. The number of methoxy groups -OCH3 is 1. The Hall–Kier alpha value is -5.63. The van der Waals surface area contributed by atoms with Gasteiger partial charge in [0.25, 0.3) is 17.7 Å². The highest BCUT2D eigenvalue weighted by molar-refractivity contribution is 6.31. The molecule has 0 aromatic heterocycles. The zero-order valence-corrected chi connectivity index (χ0v) is 30.1. The number of nitrogens with zero attached hydrogens (tertiary/aromatic N) is 2. The van der Waals surface area contributed by atoms with Gasteiger partial charge in [0.1, 0.15) is 0 Å². The van der Waals surface area contributed by atoms with Gasteiger partial charge in [-0.2, -0.15) is 0 Å².